The van der Waals surface area contributed by atoms with Crippen molar-refractivity contribution in [1.29, 1.82) is 0 Å². The normalized spacial score (nSPS) is 16.9. The maximum Gasteiger partial charge on any atom is 0.321 e. The molecule has 1 aliphatic heterocycles. The van der Waals surface area contributed by atoms with E-state index in [4.69, 9.17) is 0 Å². The summed E-state index contributed by atoms with van der Waals surface area (Å²) in [6.45, 7) is 1.10. The Hall–Kier alpha value is -2.41. The zero-order valence-electron chi connectivity index (χ0n) is 13.5. The van der Waals surface area contributed by atoms with Crippen LogP contribution in [-0.2, 0) is 7.05 Å². The topological polar surface area (TPSA) is 70.4 Å². The minimum atomic E-state index is -0.626. The molecule has 0 bridgehead atoms. The van der Waals surface area contributed by atoms with Crippen LogP contribution in [0.5, 0.6) is 0 Å². The van der Waals surface area contributed by atoms with E-state index in [0.29, 0.717) is 37.4 Å². The van der Waals surface area contributed by atoms with Gasteiger partial charge in [-0.1, -0.05) is 6.07 Å². The number of aliphatic hydroxyl groups excluding tert-OH is 1. The first-order valence-electron chi connectivity index (χ1n) is 8.01. The summed E-state index contributed by atoms with van der Waals surface area (Å²) in [7, 11) is 1.85. The molecular weight excluding hydrogens is 311 g/mol. The third-order valence-corrected chi connectivity index (χ3v) is 4.47. The molecule has 1 aromatic heterocycles. The Labute approximate surface area is 139 Å². The first kappa shape index (κ1) is 16.4. The number of benzene rings is 1. The average Bonchev–Trinajstić information content (AvgIpc) is 3.00. The van der Waals surface area contributed by atoms with E-state index >= 15 is 0 Å². The first-order valence-corrected chi connectivity index (χ1v) is 8.01. The number of likely N-dealkylation sites (tertiary alicyclic amines) is 1. The molecule has 0 aliphatic carbocycles. The number of amides is 2. The number of imidazole rings is 1. The SMILES string of the molecule is Cn1ccnc1[C@H](O)C1CCN(C(=O)Nc2cccc(F)c2)CC1. The Morgan fingerprint density at radius 3 is 2.79 bits per heavy atom. The fraction of sp³-hybridized carbons (Fsp3) is 0.412. The number of aryl methyl sites for hydroxylation is 1. The van der Waals surface area contributed by atoms with E-state index in [1.807, 2.05) is 11.6 Å². The molecule has 0 unspecified atom stereocenters. The smallest absolute Gasteiger partial charge is 0.321 e. The molecule has 1 aromatic carbocycles. The van der Waals surface area contributed by atoms with Gasteiger partial charge in [0.15, 0.2) is 0 Å². The molecule has 3 rings (SSSR count). The number of nitrogens with zero attached hydrogens (tertiary/aromatic N) is 3. The number of halogens is 1. The molecule has 0 saturated carbocycles. The standard InChI is InChI=1S/C17H21FN4O2/c1-21-10-7-19-16(21)15(23)12-5-8-22(9-6-12)17(24)20-14-4-2-3-13(18)11-14/h2-4,7,10-12,15,23H,5-6,8-9H2,1H3,(H,20,24)/t15-/m1/s1. The monoisotopic (exact) mass is 332 g/mol. The van der Waals surface area contributed by atoms with Gasteiger partial charge in [0.25, 0.3) is 0 Å². The van der Waals surface area contributed by atoms with Crippen molar-refractivity contribution >= 4 is 11.7 Å². The lowest BCUT2D eigenvalue weighted by molar-refractivity contribution is 0.0600. The summed E-state index contributed by atoms with van der Waals surface area (Å²) in [5.41, 5.74) is 0.440. The summed E-state index contributed by atoms with van der Waals surface area (Å²) >= 11 is 0. The van der Waals surface area contributed by atoms with Crippen LogP contribution in [0.2, 0.25) is 0 Å². The third-order valence-electron chi connectivity index (χ3n) is 4.47. The summed E-state index contributed by atoms with van der Waals surface area (Å²) in [5, 5.41) is 13.2. The fourth-order valence-corrected chi connectivity index (χ4v) is 3.06. The van der Waals surface area contributed by atoms with Crippen molar-refractivity contribution in [3.8, 4) is 0 Å². The van der Waals surface area contributed by atoms with Crippen LogP contribution < -0.4 is 5.32 Å². The van der Waals surface area contributed by atoms with Gasteiger partial charge >= 0.3 is 6.03 Å². The molecule has 2 heterocycles. The predicted octanol–water partition coefficient (Wildman–Crippen LogP) is 2.54. The highest BCUT2D eigenvalue weighted by Crippen LogP contribution is 2.29. The number of anilines is 1. The highest BCUT2D eigenvalue weighted by Gasteiger charge is 2.30. The molecule has 0 radical (unpaired) electrons. The number of aliphatic hydroxyl groups is 1. The molecule has 1 saturated heterocycles. The van der Waals surface area contributed by atoms with Crippen molar-refractivity contribution < 1.29 is 14.3 Å². The van der Waals surface area contributed by atoms with Crippen molar-refractivity contribution in [2.45, 2.75) is 18.9 Å². The predicted molar refractivity (Wildman–Crippen MR) is 87.9 cm³/mol. The minimum Gasteiger partial charge on any atom is -0.385 e. The molecule has 6 nitrogen and oxygen atoms in total. The molecule has 7 heteroatoms. The Balaban J connectivity index is 1.55. The number of carbonyl (C=O) groups excluding carboxylic acids is 1. The van der Waals surface area contributed by atoms with Gasteiger partial charge in [-0.3, -0.25) is 0 Å². The van der Waals surface area contributed by atoms with Crippen molar-refractivity contribution in [2.24, 2.45) is 13.0 Å². The number of rotatable bonds is 3. The van der Waals surface area contributed by atoms with Gasteiger partial charge < -0.3 is 19.9 Å². The van der Waals surface area contributed by atoms with Crippen LogP contribution in [-0.4, -0.2) is 38.7 Å². The first-order chi connectivity index (χ1) is 11.5. The van der Waals surface area contributed by atoms with Crippen LogP contribution in [0.25, 0.3) is 0 Å². The summed E-state index contributed by atoms with van der Waals surface area (Å²) < 4.78 is 15.0. The maximum atomic E-state index is 13.2. The van der Waals surface area contributed by atoms with Crippen molar-refractivity contribution in [3.05, 3.63) is 48.3 Å². The minimum absolute atomic E-state index is 0.0734. The van der Waals surface area contributed by atoms with E-state index in [1.165, 1.54) is 12.1 Å². The zero-order valence-corrected chi connectivity index (χ0v) is 13.5. The quantitative estimate of drug-likeness (QED) is 0.907. The van der Waals surface area contributed by atoms with E-state index in [0.717, 1.165) is 0 Å². The summed E-state index contributed by atoms with van der Waals surface area (Å²) in [4.78, 5) is 18.1. The maximum absolute atomic E-state index is 13.2. The van der Waals surface area contributed by atoms with Crippen LogP contribution in [0.1, 0.15) is 24.8 Å². The summed E-state index contributed by atoms with van der Waals surface area (Å²) in [6, 6.07) is 5.58. The molecule has 1 fully saturated rings. The van der Waals surface area contributed by atoms with Gasteiger partial charge in [-0.2, -0.15) is 0 Å². The van der Waals surface area contributed by atoms with Gasteiger partial charge in [0.1, 0.15) is 17.7 Å². The van der Waals surface area contributed by atoms with Crippen LogP contribution in [0.15, 0.2) is 36.7 Å². The van der Waals surface area contributed by atoms with E-state index in [1.54, 1.807) is 29.4 Å². The molecule has 0 spiro atoms. The van der Waals surface area contributed by atoms with Crippen LogP contribution in [0.3, 0.4) is 0 Å². The van der Waals surface area contributed by atoms with Crippen molar-refractivity contribution in [2.75, 3.05) is 18.4 Å². The largest absolute Gasteiger partial charge is 0.385 e. The van der Waals surface area contributed by atoms with Gasteiger partial charge in [-0.15, -0.1) is 0 Å². The van der Waals surface area contributed by atoms with Gasteiger partial charge in [0.2, 0.25) is 0 Å². The average molecular weight is 332 g/mol. The molecule has 128 valence electrons. The number of urea groups is 1. The molecule has 2 aromatic rings. The second-order valence-electron chi connectivity index (χ2n) is 6.11. The molecule has 1 atom stereocenters. The number of hydrogen-bond acceptors (Lipinski definition) is 3. The zero-order chi connectivity index (χ0) is 17.1. The van der Waals surface area contributed by atoms with E-state index in [2.05, 4.69) is 10.3 Å². The van der Waals surface area contributed by atoms with Crippen molar-refractivity contribution in [1.82, 2.24) is 14.5 Å². The fourth-order valence-electron chi connectivity index (χ4n) is 3.06. The Morgan fingerprint density at radius 2 is 2.17 bits per heavy atom. The molecule has 24 heavy (non-hydrogen) atoms. The van der Waals surface area contributed by atoms with Gasteiger partial charge in [0, 0.05) is 38.2 Å². The number of piperidine rings is 1. The summed E-state index contributed by atoms with van der Waals surface area (Å²) in [5.74, 6) is 0.340. The van der Waals surface area contributed by atoms with Crippen LogP contribution in [0.4, 0.5) is 14.9 Å². The Bertz CT molecular complexity index is 710. The van der Waals surface area contributed by atoms with Gasteiger partial charge in [-0.25, -0.2) is 14.2 Å². The Kier molecular flexibility index (Phi) is 4.80. The van der Waals surface area contributed by atoms with E-state index in [-0.39, 0.29) is 17.8 Å². The number of carbonyl (C=O) groups is 1. The van der Waals surface area contributed by atoms with E-state index < -0.39 is 6.10 Å². The lowest BCUT2D eigenvalue weighted by atomic mass is 9.91. The number of nitrogens with one attached hydrogen (secondary N) is 1. The third kappa shape index (κ3) is 3.56. The highest BCUT2D eigenvalue weighted by molar-refractivity contribution is 5.89. The van der Waals surface area contributed by atoms with Crippen LogP contribution in [0, 0.1) is 11.7 Å². The van der Waals surface area contributed by atoms with Gasteiger partial charge in [0.05, 0.1) is 0 Å². The molecular formula is C17H21FN4O2. The number of aromatic nitrogens is 2. The molecule has 2 amide bonds. The van der Waals surface area contributed by atoms with E-state index in [9.17, 15) is 14.3 Å². The number of hydrogen-bond donors (Lipinski definition) is 2. The van der Waals surface area contributed by atoms with Crippen LogP contribution >= 0.6 is 0 Å². The highest BCUT2D eigenvalue weighted by atomic mass is 19.1. The second-order valence-corrected chi connectivity index (χ2v) is 6.11. The molecule has 1 aliphatic rings. The second kappa shape index (κ2) is 7.00. The lowest BCUT2D eigenvalue weighted by Gasteiger charge is -2.34. The Morgan fingerprint density at radius 1 is 1.42 bits per heavy atom. The lowest BCUT2D eigenvalue weighted by Crippen LogP contribution is -2.42. The molecule has 2 N–H and O–H groups in total. The van der Waals surface area contributed by atoms with Crippen molar-refractivity contribution in [3.63, 3.8) is 0 Å². The summed E-state index contributed by atoms with van der Waals surface area (Å²) in [6.07, 6.45) is 4.24. The van der Waals surface area contributed by atoms with Gasteiger partial charge in [-0.05, 0) is 37.0 Å².